The van der Waals surface area contributed by atoms with Crippen LogP contribution in [-0.4, -0.2) is 36.8 Å². The van der Waals surface area contributed by atoms with Crippen molar-refractivity contribution in [2.24, 2.45) is 0 Å². The van der Waals surface area contributed by atoms with Crippen LogP contribution in [0.25, 0.3) is 0 Å². The van der Waals surface area contributed by atoms with Crippen molar-refractivity contribution in [2.45, 2.75) is 71.8 Å². The molecule has 1 atom stereocenters. The number of alkyl halides is 1. The van der Waals surface area contributed by atoms with E-state index in [0.29, 0.717) is 36.3 Å². The lowest BCUT2D eigenvalue weighted by Gasteiger charge is -2.23. The van der Waals surface area contributed by atoms with E-state index in [4.69, 9.17) is 9.47 Å². The van der Waals surface area contributed by atoms with Gasteiger partial charge in [0, 0.05) is 34.6 Å². The lowest BCUT2D eigenvalue weighted by atomic mass is 9.82. The second-order valence-corrected chi connectivity index (χ2v) is 10.8. The lowest BCUT2D eigenvalue weighted by Crippen LogP contribution is -2.25. The number of ether oxygens (including phenoxy) is 2. The molecule has 0 saturated heterocycles. The topological polar surface area (TPSA) is 64.6 Å². The zero-order valence-corrected chi connectivity index (χ0v) is 26.3. The number of halogens is 1. The fraction of sp³-hybridized carbons (Fsp3) is 0.412. The van der Waals surface area contributed by atoms with Crippen molar-refractivity contribution >= 4 is 33.4 Å². The van der Waals surface area contributed by atoms with Crippen molar-refractivity contribution in [1.82, 2.24) is 0 Å². The summed E-state index contributed by atoms with van der Waals surface area (Å²) in [7, 11) is 1.39. The van der Waals surface area contributed by atoms with Crippen LogP contribution >= 0.6 is 15.9 Å². The molecular weight excluding hydrogens is 566 g/mol. The van der Waals surface area contributed by atoms with Crippen LogP contribution in [0.3, 0.4) is 0 Å². The van der Waals surface area contributed by atoms with Gasteiger partial charge in [-0.3, -0.25) is 9.59 Å². The third-order valence-corrected chi connectivity index (χ3v) is 7.29. The molecule has 40 heavy (non-hydrogen) atoms. The first-order valence-electron chi connectivity index (χ1n) is 14.1. The van der Waals surface area contributed by atoms with Crippen molar-refractivity contribution in [1.29, 1.82) is 0 Å². The first-order valence-corrected chi connectivity index (χ1v) is 15.2. The van der Waals surface area contributed by atoms with Crippen LogP contribution in [0, 0.1) is 0 Å². The minimum absolute atomic E-state index is 0.0548. The SMILES string of the molecule is CC.CCC(C)(C)c1ccc(C(=O)c2ccccc2NC(CC(=O)OC)CC2=CC=C(OCCBr)CC=C2)cc1. The molecule has 6 heteroatoms. The first-order chi connectivity index (χ1) is 19.3. The Balaban J connectivity index is 0.00000274. The molecule has 0 bridgehead atoms. The van der Waals surface area contributed by atoms with Crippen molar-refractivity contribution < 1.29 is 19.1 Å². The average Bonchev–Trinajstić information content (AvgIpc) is 3.21. The molecular formula is C34H44BrNO4. The molecule has 0 spiro atoms. The van der Waals surface area contributed by atoms with E-state index in [2.05, 4.69) is 54.2 Å². The lowest BCUT2D eigenvalue weighted by molar-refractivity contribution is -0.140. The van der Waals surface area contributed by atoms with E-state index in [-0.39, 0.29) is 29.6 Å². The van der Waals surface area contributed by atoms with Crippen molar-refractivity contribution in [3.8, 4) is 0 Å². The van der Waals surface area contributed by atoms with Crippen LogP contribution < -0.4 is 5.32 Å². The molecule has 2 aromatic rings. The molecule has 1 aliphatic carbocycles. The standard InChI is InChI=1S/C32H38BrNO4.C2H6/c1-5-32(2,3)25-16-14-24(15-17-25)31(36)28-11-6-7-12-29(28)34-26(22-30(35)37-4)21-23-9-8-10-27(18-13-23)38-20-19-33;1-2/h6-9,11-18,26,34H,5,10,19-22H2,1-4H3;1-2H3. The number of para-hydroxylation sites is 1. The Bertz CT molecular complexity index is 1190. The summed E-state index contributed by atoms with van der Waals surface area (Å²) in [5.41, 5.74) is 4.22. The van der Waals surface area contributed by atoms with Gasteiger partial charge < -0.3 is 14.8 Å². The molecule has 0 aromatic heterocycles. The first kappa shape index (κ1) is 33.1. The molecule has 0 fully saturated rings. The van der Waals surface area contributed by atoms with Gasteiger partial charge in [0.1, 0.15) is 0 Å². The van der Waals surface area contributed by atoms with Gasteiger partial charge in [0.2, 0.25) is 0 Å². The van der Waals surface area contributed by atoms with Gasteiger partial charge in [-0.05, 0) is 47.6 Å². The van der Waals surface area contributed by atoms with E-state index in [9.17, 15) is 9.59 Å². The largest absolute Gasteiger partial charge is 0.497 e. The van der Waals surface area contributed by atoms with Crippen molar-refractivity contribution in [3.63, 3.8) is 0 Å². The number of nitrogens with one attached hydrogen (secondary N) is 1. The predicted octanol–water partition coefficient (Wildman–Crippen LogP) is 8.55. The Morgan fingerprint density at radius 2 is 1.75 bits per heavy atom. The fourth-order valence-corrected chi connectivity index (χ4v) is 4.43. The molecule has 5 nitrogen and oxygen atoms in total. The minimum atomic E-state index is -0.310. The number of anilines is 1. The maximum atomic E-state index is 13.5. The van der Waals surface area contributed by atoms with Crippen LogP contribution in [0.4, 0.5) is 5.69 Å². The minimum Gasteiger partial charge on any atom is -0.497 e. The van der Waals surface area contributed by atoms with E-state index >= 15 is 0 Å². The average molecular weight is 611 g/mol. The molecule has 0 aliphatic heterocycles. The molecule has 3 rings (SSSR count). The van der Waals surface area contributed by atoms with Crippen molar-refractivity contribution in [2.75, 3.05) is 24.4 Å². The summed E-state index contributed by atoms with van der Waals surface area (Å²) in [6.45, 7) is 11.2. The molecule has 1 aliphatic rings. The highest BCUT2D eigenvalue weighted by molar-refractivity contribution is 9.09. The van der Waals surface area contributed by atoms with Crippen molar-refractivity contribution in [3.05, 3.63) is 101 Å². The third-order valence-electron chi connectivity index (χ3n) is 6.97. The second kappa shape index (κ2) is 16.9. The Kier molecular flexibility index (Phi) is 13.9. The maximum absolute atomic E-state index is 13.5. The summed E-state index contributed by atoms with van der Waals surface area (Å²) in [5, 5.41) is 4.24. The molecule has 2 aromatic carbocycles. The summed E-state index contributed by atoms with van der Waals surface area (Å²) in [4.78, 5) is 25.8. The molecule has 216 valence electrons. The van der Waals surface area contributed by atoms with Gasteiger partial charge >= 0.3 is 5.97 Å². The highest BCUT2D eigenvalue weighted by Gasteiger charge is 2.21. The zero-order chi connectivity index (χ0) is 29.5. The quantitative estimate of drug-likeness (QED) is 0.140. The van der Waals surface area contributed by atoms with Gasteiger partial charge in [-0.2, -0.15) is 0 Å². The van der Waals surface area contributed by atoms with Gasteiger partial charge in [0.05, 0.1) is 25.9 Å². The summed E-state index contributed by atoms with van der Waals surface area (Å²) < 4.78 is 10.7. The predicted molar refractivity (Wildman–Crippen MR) is 169 cm³/mol. The van der Waals surface area contributed by atoms with E-state index in [1.54, 1.807) is 0 Å². The monoisotopic (exact) mass is 609 g/mol. The van der Waals surface area contributed by atoms with Crippen LogP contribution in [-0.2, 0) is 19.7 Å². The van der Waals surface area contributed by atoms with Crippen LogP contribution in [0.2, 0.25) is 0 Å². The van der Waals surface area contributed by atoms with Gasteiger partial charge in [-0.15, -0.1) is 0 Å². The van der Waals surface area contributed by atoms with Gasteiger partial charge in [0.25, 0.3) is 0 Å². The Morgan fingerprint density at radius 1 is 1.05 bits per heavy atom. The highest BCUT2D eigenvalue weighted by atomic mass is 79.9. The molecule has 1 unspecified atom stereocenters. The highest BCUT2D eigenvalue weighted by Crippen LogP contribution is 2.28. The van der Waals surface area contributed by atoms with E-state index in [0.717, 1.165) is 23.1 Å². The Morgan fingerprint density at radius 3 is 2.40 bits per heavy atom. The molecule has 0 radical (unpaired) electrons. The number of hydrogen-bond acceptors (Lipinski definition) is 5. The van der Waals surface area contributed by atoms with E-state index in [1.165, 1.54) is 12.7 Å². The van der Waals surface area contributed by atoms with Gasteiger partial charge in [-0.1, -0.05) is 105 Å². The molecule has 0 heterocycles. The maximum Gasteiger partial charge on any atom is 0.307 e. The number of benzene rings is 2. The summed E-state index contributed by atoms with van der Waals surface area (Å²) in [6.07, 6.45) is 10.6. The van der Waals surface area contributed by atoms with E-state index in [1.807, 2.05) is 74.5 Å². The van der Waals surface area contributed by atoms with Gasteiger partial charge in [-0.25, -0.2) is 0 Å². The number of hydrogen-bond donors (Lipinski definition) is 1. The van der Waals surface area contributed by atoms with Gasteiger partial charge in [0.15, 0.2) is 5.78 Å². The van der Waals surface area contributed by atoms with E-state index < -0.39 is 0 Å². The normalized spacial score (nSPS) is 13.6. The number of allylic oxidation sites excluding steroid dienone is 4. The Hall–Kier alpha value is -3.12. The summed E-state index contributed by atoms with van der Waals surface area (Å²) >= 11 is 3.38. The van der Waals surface area contributed by atoms with Crippen LogP contribution in [0.15, 0.2) is 84.2 Å². The number of methoxy groups -OCH3 is 1. The number of ketones is 1. The second-order valence-electron chi connectivity index (χ2n) is 10.0. The number of carbonyl (C=O) groups excluding carboxylic acids is 2. The number of carbonyl (C=O) groups is 2. The molecule has 0 saturated carbocycles. The molecule has 0 amide bonds. The number of esters is 1. The smallest absolute Gasteiger partial charge is 0.307 e. The number of rotatable bonds is 13. The Labute approximate surface area is 248 Å². The third kappa shape index (κ3) is 9.81. The molecule has 1 N–H and O–H groups in total. The fourth-order valence-electron chi connectivity index (χ4n) is 4.27. The van der Waals surface area contributed by atoms with Crippen LogP contribution in [0.5, 0.6) is 0 Å². The summed E-state index contributed by atoms with van der Waals surface area (Å²) in [6, 6.07) is 15.1. The summed E-state index contributed by atoms with van der Waals surface area (Å²) in [5.74, 6) is 0.531. The van der Waals surface area contributed by atoms with Crippen LogP contribution in [0.1, 0.15) is 81.8 Å². The zero-order valence-electron chi connectivity index (χ0n) is 24.8.